The Morgan fingerprint density at radius 1 is 1.27 bits per heavy atom. The van der Waals surface area contributed by atoms with E-state index in [9.17, 15) is 9.18 Å². The zero-order chi connectivity index (χ0) is 16.1. The van der Waals surface area contributed by atoms with Crippen LogP contribution in [-0.2, 0) is 11.3 Å². The molecule has 1 amide bonds. The molecule has 1 aromatic rings. The molecule has 0 radical (unpaired) electrons. The second-order valence-electron chi connectivity index (χ2n) is 6.01. The molecule has 1 aromatic carbocycles. The monoisotopic (exact) mass is 371 g/mol. The molecule has 122 valence electrons. The number of nitrogens with one attached hydrogen (secondary N) is 1. The van der Waals surface area contributed by atoms with Crippen LogP contribution >= 0.6 is 15.9 Å². The van der Waals surface area contributed by atoms with Crippen molar-refractivity contribution in [1.29, 1.82) is 0 Å². The van der Waals surface area contributed by atoms with E-state index in [0.29, 0.717) is 18.7 Å². The quantitative estimate of drug-likeness (QED) is 0.861. The van der Waals surface area contributed by atoms with E-state index < -0.39 is 0 Å². The number of nitrogens with zero attached hydrogens (tertiary/aromatic N) is 2. The van der Waals surface area contributed by atoms with Crippen LogP contribution in [0.2, 0.25) is 0 Å². The Morgan fingerprint density at radius 2 is 1.91 bits per heavy atom. The van der Waals surface area contributed by atoms with Gasteiger partial charge in [0.1, 0.15) is 5.82 Å². The Balaban J connectivity index is 1.78. The Morgan fingerprint density at radius 3 is 2.50 bits per heavy atom. The summed E-state index contributed by atoms with van der Waals surface area (Å²) in [5.41, 5.74) is 0.717. The molecule has 22 heavy (non-hydrogen) atoms. The van der Waals surface area contributed by atoms with Crippen LogP contribution in [0.25, 0.3) is 0 Å². The van der Waals surface area contributed by atoms with Gasteiger partial charge in [-0.25, -0.2) is 4.39 Å². The number of piperazine rings is 1. The third-order valence-corrected chi connectivity index (χ3v) is 4.18. The second-order valence-corrected chi connectivity index (χ2v) is 6.93. The molecule has 6 heteroatoms. The fourth-order valence-electron chi connectivity index (χ4n) is 2.57. The van der Waals surface area contributed by atoms with Crippen molar-refractivity contribution in [2.75, 3.05) is 32.7 Å². The minimum Gasteiger partial charge on any atom is -0.353 e. The molecule has 0 aliphatic carbocycles. The van der Waals surface area contributed by atoms with Crippen LogP contribution in [-0.4, -0.2) is 54.5 Å². The van der Waals surface area contributed by atoms with Crippen molar-refractivity contribution in [3.8, 4) is 0 Å². The van der Waals surface area contributed by atoms with Gasteiger partial charge in [0.2, 0.25) is 5.91 Å². The average Bonchev–Trinajstić information content (AvgIpc) is 2.43. The fourth-order valence-corrected chi connectivity index (χ4v) is 2.90. The third kappa shape index (κ3) is 5.34. The molecule has 0 spiro atoms. The van der Waals surface area contributed by atoms with Crippen LogP contribution in [0.1, 0.15) is 19.4 Å². The van der Waals surface area contributed by atoms with Crippen molar-refractivity contribution in [1.82, 2.24) is 15.1 Å². The van der Waals surface area contributed by atoms with E-state index in [0.717, 1.165) is 30.7 Å². The highest BCUT2D eigenvalue weighted by molar-refractivity contribution is 9.10. The van der Waals surface area contributed by atoms with Crippen LogP contribution in [0.4, 0.5) is 4.39 Å². The van der Waals surface area contributed by atoms with Gasteiger partial charge in [-0.2, -0.15) is 0 Å². The summed E-state index contributed by atoms with van der Waals surface area (Å²) >= 11 is 3.27. The van der Waals surface area contributed by atoms with Crippen LogP contribution in [0.5, 0.6) is 0 Å². The van der Waals surface area contributed by atoms with E-state index in [-0.39, 0.29) is 17.8 Å². The zero-order valence-electron chi connectivity index (χ0n) is 13.1. The first kappa shape index (κ1) is 17.4. The van der Waals surface area contributed by atoms with Crippen molar-refractivity contribution in [3.05, 3.63) is 34.1 Å². The highest BCUT2D eigenvalue weighted by Crippen LogP contribution is 2.17. The van der Waals surface area contributed by atoms with E-state index in [1.807, 2.05) is 26.0 Å². The maximum absolute atomic E-state index is 13.9. The molecular formula is C16H23BrFN3O. The van der Waals surface area contributed by atoms with Gasteiger partial charge in [-0.15, -0.1) is 0 Å². The lowest BCUT2D eigenvalue weighted by atomic mass is 10.2. The molecule has 1 saturated heterocycles. The minimum atomic E-state index is -0.173. The molecule has 1 aliphatic rings. The summed E-state index contributed by atoms with van der Waals surface area (Å²) < 4.78 is 14.6. The van der Waals surface area contributed by atoms with Gasteiger partial charge < -0.3 is 5.32 Å². The van der Waals surface area contributed by atoms with Crippen molar-refractivity contribution < 1.29 is 9.18 Å². The topological polar surface area (TPSA) is 35.6 Å². The molecule has 0 saturated carbocycles. The van der Waals surface area contributed by atoms with E-state index in [2.05, 4.69) is 31.0 Å². The van der Waals surface area contributed by atoms with Gasteiger partial charge in [0, 0.05) is 48.8 Å². The standard InChI is InChI=1S/C16H23BrFN3O/c1-12(2)19-16(22)11-21-7-5-20(6-8-21)10-13-3-4-14(17)9-15(13)18/h3-4,9,12H,5-8,10-11H2,1-2H3,(H,19,22). The molecule has 4 nitrogen and oxygen atoms in total. The van der Waals surface area contributed by atoms with Gasteiger partial charge in [0.05, 0.1) is 6.54 Å². The van der Waals surface area contributed by atoms with E-state index in [1.165, 1.54) is 6.07 Å². The van der Waals surface area contributed by atoms with E-state index in [1.54, 1.807) is 0 Å². The lowest BCUT2D eigenvalue weighted by molar-refractivity contribution is -0.123. The number of benzene rings is 1. The summed E-state index contributed by atoms with van der Waals surface area (Å²) in [6, 6.07) is 5.36. The average molecular weight is 372 g/mol. The molecule has 0 bridgehead atoms. The Kier molecular flexibility index (Phi) is 6.35. The summed E-state index contributed by atoms with van der Waals surface area (Å²) in [5, 5.41) is 2.91. The fraction of sp³-hybridized carbons (Fsp3) is 0.562. The molecule has 1 fully saturated rings. The third-order valence-electron chi connectivity index (χ3n) is 3.69. The number of amides is 1. The van der Waals surface area contributed by atoms with Gasteiger partial charge in [-0.05, 0) is 26.0 Å². The van der Waals surface area contributed by atoms with Gasteiger partial charge in [0.15, 0.2) is 0 Å². The Bertz CT molecular complexity index is 516. The Labute approximate surface area is 139 Å². The van der Waals surface area contributed by atoms with Gasteiger partial charge >= 0.3 is 0 Å². The zero-order valence-corrected chi connectivity index (χ0v) is 14.7. The first-order chi connectivity index (χ1) is 10.4. The van der Waals surface area contributed by atoms with Gasteiger partial charge in [-0.3, -0.25) is 14.6 Å². The van der Waals surface area contributed by atoms with Crippen LogP contribution in [0, 0.1) is 5.82 Å². The molecule has 1 aliphatic heterocycles. The van der Waals surface area contributed by atoms with E-state index >= 15 is 0 Å². The first-order valence-electron chi connectivity index (χ1n) is 7.62. The van der Waals surface area contributed by atoms with Gasteiger partial charge in [-0.1, -0.05) is 22.0 Å². The number of hydrogen-bond donors (Lipinski definition) is 1. The molecule has 0 atom stereocenters. The number of carbonyl (C=O) groups is 1. The lowest BCUT2D eigenvalue weighted by Crippen LogP contribution is -2.49. The highest BCUT2D eigenvalue weighted by atomic mass is 79.9. The SMILES string of the molecule is CC(C)NC(=O)CN1CCN(Cc2ccc(Br)cc2F)CC1. The minimum absolute atomic E-state index is 0.0717. The number of rotatable bonds is 5. The van der Waals surface area contributed by atoms with Crippen molar-refractivity contribution in [2.45, 2.75) is 26.4 Å². The first-order valence-corrected chi connectivity index (χ1v) is 8.41. The Hall–Kier alpha value is -0.980. The van der Waals surface area contributed by atoms with E-state index in [4.69, 9.17) is 0 Å². The molecule has 1 N–H and O–H groups in total. The van der Waals surface area contributed by atoms with Crippen LogP contribution < -0.4 is 5.32 Å². The number of hydrogen-bond acceptors (Lipinski definition) is 3. The van der Waals surface area contributed by atoms with Gasteiger partial charge in [0.25, 0.3) is 0 Å². The van der Waals surface area contributed by atoms with Crippen LogP contribution in [0.15, 0.2) is 22.7 Å². The summed E-state index contributed by atoms with van der Waals surface area (Å²) in [6.45, 7) is 8.36. The number of halogens is 2. The summed E-state index contributed by atoms with van der Waals surface area (Å²) in [6.07, 6.45) is 0. The maximum atomic E-state index is 13.9. The molecule has 2 rings (SSSR count). The number of carbonyl (C=O) groups excluding carboxylic acids is 1. The maximum Gasteiger partial charge on any atom is 0.234 e. The summed E-state index contributed by atoms with van der Waals surface area (Å²) in [7, 11) is 0. The lowest BCUT2D eigenvalue weighted by Gasteiger charge is -2.34. The molecular weight excluding hydrogens is 349 g/mol. The summed E-state index contributed by atoms with van der Waals surface area (Å²) in [5.74, 6) is -0.101. The van der Waals surface area contributed by atoms with Crippen molar-refractivity contribution in [2.24, 2.45) is 0 Å². The van der Waals surface area contributed by atoms with Crippen molar-refractivity contribution in [3.63, 3.8) is 0 Å². The molecule has 1 heterocycles. The molecule has 0 unspecified atom stereocenters. The van der Waals surface area contributed by atoms with Crippen LogP contribution in [0.3, 0.4) is 0 Å². The summed E-state index contributed by atoms with van der Waals surface area (Å²) in [4.78, 5) is 16.1. The highest BCUT2D eigenvalue weighted by Gasteiger charge is 2.20. The predicted molar refractivity (Wildman–Crippen MR) is 89.1 cm³/mol. The smallest absolute Gasteiger partial charge is 0.234 e. The van der Waals surface area contributed by atoms with Crippen molar-refractivity contribution >= 4 is 21.8 Å². The normalized spacial score (nSPS) is 17.0. The predicted octanol–water partition coefficient (Wildman–Crippen LogP) is 2.23. The molecule has 0 aromatic heterocycles. The largest absolute Gasteiger partial charge is 0.353 e. The second kappa shape index (κ2) is 8.04.